The molecule has 0 saturated carbocycles. The molecule has 0 rings (SSSR count). The average Bonchev–Trinajstić information content (AvgIpc) is 2.50. The van der Waals surface area contributed by atoms with Crippen molar-refractivity contribution in [2.24, 2.45) is 0 Å². The Morgan fingerprint density at radius 3 is 1.26 bits per heavy atom. The Morgan fingerprint density at radius 2 is 1.09 bits per heavy atom. The van der Waals surface area contributed by atoms with Gasteiger partial charge in [0.25, 0.3) is 0 Å². The minimum atomic E-state index is -3.29. The Hall–Kier alpha value is 0.0862. The van der Waals surface area contributed by atoms with Gasteiger partial charge >= 0.3 is 35.0 Å². The summed E-state index contributed by atoms with van der Waals surface area (Å²) in [5.41, 5.74) is 0. The van der Waals surface area contributed by atoms with Crippen LogP contribution in [0.15, 0.2) is 0 Å². The molecule has 0 spiro atoms. The summed E-state index contributed by atoms with van der Waals surface area (Å²) in [6, 6.07) is 0. The molecular weight excluding hydrogens is 358 g/mol. The zero-order valence-corrected chi connectivity index (χ0v) is 17.3. The van der Waals surface area contributed by atoms with Crippen molar-refractivity contribution in [2.75, 3.05) is 38.9 Å². The van der Waals surface area contributed by atoms with Gasteiger partial charge in [-0.1, -0.05) is 13.8 Å². The van der Waals surface area contributed by atoms with Gasteiger partial charge in [-0.05, 0) is 24.6 Å². The number of esters is 2. The first kappa shape index (κ1) is 27.9. The van der Waals surface area contributed by atoms with E-state index in [0.717, 1.165) is 0 Å². The molecule has 0 bridgehead atoms. The third kappa shape index (κ3) is 18.3. The molecule has 0 aliphatic carbocycles. The van der Waals surface area contributed by atoms with Crippen LogP contribution in [0.2, 0.25) is 0 Å². The molecule has 2 atom stereocenters. The maximum Gasteiger partial charge on any atom is 2.00 e. The van der Waals surface area contributed by atoms with Gasteiger partial charge in [-0.3, -0.25) is 9.59 Å². The fourth-order valence-corrected chi connectivity index (χ4v) is 2.72. The second kappa shape index (κ2) is 14.4. The molecule has 2 unspecified atom stereocenters. The number of rotatable bonds is 8. The Bertz CT molecular complexity index is 401. The maximum absolute atomic E-state index is 10.8. The average molecular weight is 383 g/mol. The van der Waals surface area contributed by atoms with E-state index in [0.29, 0.717) is 0 Å². The van der Waals surface area contributed by atoms with Gasteiger partial charge < -0.3 is 28.4 Å². The van der Waals surface area contributed by atoms with Crippen molar-refractivity contribution in [3.8, 4) is 0 Å². The minimum Gasteiger partial charge on any atom is -0.799 e. The fraction of sp³-hybridized carbons (Fsp3) is 0.833. The van der Waals surface area contributed by atoms with E-state index < -0.39 is 26.7 Å². The first-order valence-corrected chi connectivity index (χ1v) is 10.7. The van der Waals surface area contributed by atoms with Crippen molar-refractivity contribution in [2.45, 2.75) is 26.7 Å². The maximum atomic E-state index is 10.8. The van der Waals surface area contributed by atoms with Gasteiger partial charge in [0.05, 0.1) is 27.1 Å². The van der Waals surface area contributed by atoms with Crippen molar-refractivity contribution < 1.29 is 38.0 Å². The van der Waals surface area contributed by atoms with Gasteiger partial charge in [0.2, 0.25) is 0 Å². The van der Waals surface area contributed by atoms with Crippen LogP contribution in [0.3, 0.4) is 0 Å². The summed E-state index contributed by atoms with van der Waals surface area (Å²) in [6.45, 7) is 3.12. The molecule has 132 valence electrons. The molecule has 8 nitrogen and oxygen atoms in total. The van der Waals surface area contributed by atoms with Crippen molar-refractivity contribution in [1.82, 2.24) is 0 Å². The SMILES string of the molecule is CCP(=O)([O-])CCC(=O)OC.CCP(=O)([O-])CCC(=O)OC.[Mg+2]. The fourth-order valence-electron chi connectivity index (χ4n) is 1.04. The minimum absolute atomic E-state index is 0. The summed E-state index contributed by atoms with van der Waals surface area (Å²) in [6.07, 6.45) is -0.0451. The van der Waals surface area contributed by atoms with Gasteiger partial charge in [-0.25, -0.2) is 0 Å². The smallest absolute Gasteiger partial charge is 0.799 e. The topological polar surface area (TPSA) is 133 Å². The van der Waals surface area contributed by atoms with Gasteiger partial charge in [-0.2, -0.15) is 0 Å². The molecule has 23 heavy (non-hydrogen) atoms. The molecule has 0 fully saturated rings. The van der Waals surface area contributed by atoms with Crippen molar-refractivity contribution in [3.63, 3.8) is 0 Å². The van der Waals surface area contributed by atoms with Gasteiger partial charge in [0, 0.05) is 14.7 Å². The summed E-state index contributed by atoms with van der Waals surface area (Å²) in [7, 11) is -4.10. The number of hydrogen-bond acceptors (Lipinski definition) is 8. The third-order valence-corrected chi connectivity index (χ3v) is 6.47. The van der Waals surface area contributed by atoms with E-state index >= 15 is 0 Å². The van der Waals surface area contributed by atoms with Crippen LogP contribution in [-0.4, -0.2) is 73.9 Å². The summed E-state index contributed by atoms with van der Waals surface area (Å²) >= 11 is 0. The van der Waals surface area contributed by atoms with E-state index in [9.17, 15) is 28.5 Å². The molecule has 0 aromatic carbocycles. The van der Waals surface area contributed by atoms with E-state index in [4.69, 9.17) is 0 Å². The first-order chi connectivity index (χ1) is 10.0. The molecule has 0 aromatic rings. The zero-order valence-electron chi connectivity index (χ0n) is 14.1. The van der Waals surface area contributed by atoms with E-state index in [1.54, 1.807) is 13.8 Å². The zero-order chi connectivity index (χ0) is 17.8. The number of ether oxygens (including phenoxy) is 2. The Labute approximate surface area is 153 Å². The summed E-state index contributed by atoms with van der Waals surface area (Å²) in [5, 5.41) is 0. The van der Waals surface area contributed by atoms with Crippen LogP contribution in [0, 0.1) is 0 Å². The van der Waals surface area contributed by atoms with Crippen LogP contribution in [0.5, 0.6) is 0 Å². The third-order valence-electron chi connectivity index (χ3n) is 2.73. The van der Waals surface area contributed by atoms with Crippen molar-refractivity contribution in [1.29, 1.82) is 0 Å². The van der Waals surface area contributed by atoms with Crippen LogP contribution in [0.1, 0.15) is 26.7 Å². The van der Waals surface area contributed by atoms with Gasteiger partial charge in [0.15, 0.2) is 0 Å². The normalized spacial score (nSPS) is 14.9. The number of carbonyl (C=O) groups is 2. The molecular formula is C12H24MgO8P2. The predicted octanol–water partition coefficient (Wildman–Crippen LogP) is 0.0348. The summed E-state index contributed by atoms with van der Waals surface area (Å²) < 4.78 is 30.3. The molecule has 0 aliphatic heterocycles. The van der Waals surface area contributed by atoms with E-state index in [2.05, 4.69) is 9.47 Å². The van der Waals surface area contributed by atoms with Crippen molar-refractivity contribution >= 4 is 49.7 Å². The summed E-state index contributed by atoms with van der Waals surface area (Å²) in [5.74, 6) is -0.955. The molecule has 0 radical (unpaired) electrons. The molecule has 11 heteroatoms. The molecule has 0 aliphatic rings. The van der Waals surface area contributed by atoms with Crippen LogP contribution in [0.25, 0.3) is 0 Å². The molecule has 0 N–H and O–H groups in total. The molecule has 0 amide bonds. The molecule has 0 heterocycles. The monoisotopic (exact) mass is 382 g/mol. The largest absolute Gasteiger partial charge is 2.00 e. The van der Waals surface area contributed by atoms with Gasteiger partial charge in [0.1, 0.15) is 0 Å². The molecule has 0 aromatic heterocycles. The van der Waals surface area contributed by atoms with Gasteiger partial charge in [-0.15, -0.1) is 0 Å². The molecule has 0 saturated heterocycles. The Morgan fingerprint density at radius 1 is 0.826 bits per heavy atom. The summed E-state index contributed by atoms with van der Waals surface area (Å²) in [4.78, 5) is 42.7. The second-order valence-electron chi connectivity index (χ2n) is 4.36. The van der Waals surface area contributed by atoms with E-state index in [1.807, 2.05) is 0 Å². The van der Waals surface area contributed by atoms with E-state index in [1.165, 1.54) is 14.2 Å². The van der Waals surface area contributed by atoms with Crippen LogP contribution >= 0.6 is 14.7 Å². The van der Waals surface area contributed by atoms with Crippen molar-refractivity contribution in [3.05, 3.63) is 0 Å². The number of hydrogen-bond donors (Lipinski definition) is 0. The second-order valence-corrected chi connectivity index (χ2v) is 9.78. The quantitative estimate of drug-likeness (QED) is 0.326. The van der Waals surface area contributed by atoms with Crippen LogP contribution < -0.4 is 9.79 Å². The van der Waals surface area contributed by atoms with Crippen LogP contribution in [0.4, 0.5) is 0 Å². The standard InChI is InChI=1S/2C6H13O4P.Mg/c2*1-3-11(8,9)5-4-6(7)10-2;/h2*3-5H2,1-2H3,(H,8,9);/q;;+2/p-2. The van der Waals surface area contributed by atoms with E-state index in [-0.39, 0.29) is 60.5 Å². The number of carbonyl (C=O) groups excluding carboxylic acids is 2. The van der Waals surface area contributed by atoms with Crippen LogP contribution in [-0.2, 0) is 28.2 Å². The number of methoxy groups -OCH3 is 2. The Balaban J connectivity index is -0.000000333. The first-order valence-electron chi connectivity index (χ1n) is 6.75. The Kier molecular flexibility index (Phi) is 17.5. The predicted molar refractivity (Wildman–Crippen MR) is 85.0 cm³/mol.